The highest BCUT2D eigenvalue weighted by molar-refractivity contribution is 7.80. The molecule has 2 rings (SSSR count). The maximum Gasteiger partial charge on any atom is 0.265 e. The summed E-state index contributed by atoms with van der Waals surface area (Å²) in [5.74, 6) is 0.167. The van der Waals surface area contributed by atoms with Crippen LogP contribution in [0.3, 0.4) is 0 Å². The summed E-state index contributed by atoms with van der Waals surface area (Å²) in [6, 6.07) is 5.25. The van der Waals surface area contributed by atoms with E-state index in [9.17, 15) is 9.59 Å². The Labute approximate surface area is 152 Å². The Hall–Kier alpha value is -2.67. The van der Waals surface area contributed by atoms with E-state index in [0.717, 1.165) is 0 Å². The molecule has 1 saturated heterocycles. The first-order valence-corrected chi connectivity index (χ1v) is 8.32. The minimum absolute atomic E-state index is 0.0231. The molecule has 6 nitrogen and oxygen atoms in total. The Morgan fingerprint density at radius 1 is 1.24 bits per heavy atom. The standard InChI is InChI=1S/C18H20N2O4S/c1-4-9-20-17(22)14(16(21)19-18(20)25)11-12-10-13(23-5-2)7-8-15(12)24-6-3/h4,7-8,10-11H,1,5-6,9H2,2-3H3,(H,19,21,25). The first-order valence-electron chi connectivity index (χ1n) is 7.91. The van der Waals surface area contributed by atoms with Crippen LogP contribution in [0.4, 0.5) is 0 Å². The van der Waals surface area contributed by atoms with Crippen LogP contribution in [0.5, 0.6) is 11.5 Å². The summed E-state index contributed by atoms with van der Waals surface area (Å²) in [5, 5.41) is 2.59. The van der Waals surface area contributed by atoms with Gasteiger partial charge in [0.1, 0.15) is 17.1 Å². The van der Waals surface area contributed by atoms with Crippen molar-refractivity contribution in [2.75, 3.05) is 19.8 Å². The van der Waals surface area contributed by atoms with E-state index < -0.39 is 11.8 Å². The van der Waals surface area contributed by atoms with E-state index in [4.69, 9.17) is 21.7 Å². The molecule has 0 aliphatic carbocycles. The van der Waals surface area contributed by atoms with Gasteiger partial charge in [-0.25, -0.2) is 0 Å². The molecule has 1 fully saturated rings. The largest absolute Gasteiger partial charge is 0.494 e. The quantitative estimate of drug-likeness (QED) is 0.350. The molecule has 1 heterocycles. The number of nitrogens with one attached hydrogen (secondary N) is 1. The third kappa shape index (κ3) is 4.24. The van der Waals surface area contributed by atoms with Gasteiger partial charge in [-0.15, -0.1) is 6.58 Å². The summed E-state index contributed by atoms with van der Waals surface area (Å²) in [6.45, 7) is 8.51. The number of ether oxygens (including phenoxy) is 2. The van der Waals surface area contributed by atoms with E-state index in [1.807, 2.05) is 13.8 Å². The molecule has 2 amide bonds. The van der Waals surface area contributed by atoms with Gasteiger partial charge in [0, 0.05) is 12.1 Å². The predicted molar refractivity (Wildman–Crippen MR) is 99.4 cm³/mol. The van der Waals surface area contributed by atoms with E-state index in [1.54, 1.807) is 24.3 Å². The second-order valence-electron chi connectivity index (χ2n) is 5.09. The van der Waals surface area contributed by atoms with Crippen LogP contribution in [0.25, 0.3) is 6.08 Å². The third-order valence-electron chi connectivity index (χ3n) is 3.39. The average molecular weight is 360 g/mol. The minimum Gasteiger partial charge on any atom is -0.494 e. The van der Waals surface area contributed by atoms with Gasteiger partial charge in [0.2, 0.25) is 0 Å². The first-order chi connectivity index (χ1) is 12.0. The van der Waals surface area contributed by atoms with Crippen LogP contribution in [-0.4, -0.2) is 41.6 Å². The third-order valence-corrected chi connectivity index (χ3v) is 3.71. The zero-order valence-corrected chi connectivity index (χ0v) is 15.0. The van der Waals surface area contributed by atoms with Crippen LogP contribution in [0.1, 0.15) is 19.4 Å². The number of hydrogen-bond donors (Lipinski definition) is 1. The Balaban J connectivity index is 2.47. The van der Waals surface area contributed by atoms with Gasteiger partial charge in [-0.2, -0.15) is 0 Å². The molecule has 1 aromatic rings. The van der Waals surface area contributed by atoms with Crippen LogP contribution < -0.4 is 14.8 Å². The smallest absolute Gasteiger partial charge is 0.265 e. The summed E-state index contributed by atoms with van der Waals surface area (Å²) >= 11 is 5.04. The molecule has 1 aliphatic rings. The molecule has 25 heavy (non-hydrogen) atoms. The number of carbonyl (C=O) groups is 2. The maximum atomic E-state index is 12.6. The van der Waals surface area contributed by atoms with Crippen LogP contribution in [0, 0.1) is 0 Å². The van der Waals surface area contributed by atoms with Crippen LogP contribution >= 0.6 is 12.2 Å². The number of carbonyl (C=O) groups excluding carboxylic acids is 2. The molecule has 0 aromatic heterocycles. The fourth-order valence-electron chi connectivity index (χ4n) is 2.33. The van der Waals surface area contributed by atoms with Crippen molar-refractivity contribution in [1.29, 1.82) is 0 Å². The Morgan fingerprint density at radius 3 is 2.60 bits per heavy atom. The second kappa shape index (κ2) is 8.43. The number of thiocarbonyl (C=S) groups is 1. The molecule has 0 saturated carbocycles. The lowest BCUT2D eigenvalue weighted by atomic mass is 10.1. The highest BCUT2D eigenvalue weighted by atomic mass is 32.1. The highest BCUT2D eigenvalue weighted by Crippen LogP contribution is 2.27. The minimum atomic E-state index is -0.542. The Morgan fingerprint density at radius 2 is 1.96 bits per heavy atom. The lowest BCUT2D eigenvalue weighted by Crippen LogP contribution is -2.53. The normalized spacial score (nSPS) is 16.0. The van der Waals surface area contributed by atoms with Crippen LogP contribution in [0.2, 0.25) is 0 Å². The summed E-state index contributed by atoms with van der Waals surface area (Å²) < 4.78 is 11.1. The molecular weight excluding hydrogens is 340 g/mol. The van der Waals surface area contributed by atoms with Gasteiger partial charge in [0.05, 0.1) is 13.2 Å². The number of benzene rings is 1. The van der Waals surface area contributed by atoms with Gasteiger partial charge in [0.25, 0.3) is 11.8 Å². The van der Waals surface area contributed by atoms with Crippen LogP contribution in [-0.2, 0) is 9.59 Å². The van der Waals surface area contributed by atoms with Crippen LogP contribution in [0.15, 0.2) is 36.4 Å². The molecule has 1 aliphatic heterocycles. The fraction of sp³-hybridized carbons (Fsp3) is 0.278. The van der Waals surface area contributed by atoms with Crippen molar-refractivity contribution in [3.8, 4) is 11.5 Å². The topological polar surface area (TPSA) is 67.9 Å². The SMILES string of the molecule is C=CCN1C(=O)C(=Cc2cc(OCC)ccc2OCC)C(=O)NC1=S. The van der Waals surface area contributed by atoms with Crippen molar-refractivity contribution in [2.45, 2.75) is 13.8 Å². The van der Waals surface area contributed by atoms with Crippen molar-refractivity contribution in [3.63, 3.8) is 0 Å². The molecule has 7 heteroatoms. The molecule has 0 bridgehead atoms. The fourth-order valence-corrected chi connectivity index (χ4v) is 2.58. The van der Waals surface area contributed by atoms with Gasteiger partial charge in [0.15, 0.2) is 5.11 Å². The maximum absolute atomic E-state index is 12.6. The average Bonchev–Trinajstić information content (AvgIpc) is 2.58. The van der Waals surface area contributed by atoms with E-state index in [-0.39, 0.29) is 17.2 Å². The number of amides is 2. The number of nitrogens with zero attached hydrogens (tertiary/aromatic N) is 1. The number of hydrogen-bond acceptors (Lipinski definition) is 5. The molecule has 132 valence electrons. The van der Waals surface area contributed by atoms with E-state index >= 15 is 0 Å². The molecule has 0 spiro atoms. The van der Waals surface area contributed by atoms with Crippen molar-refractivity contribution in [2.24, 2.45) is 0 Å². The Kier molecular flexibility index (Phi) is 6.30. The number of rotatable bonds is 7. The summed E-state index contributed by atoms with van der Waals surface area (Å²) in [4.78, 5) is 26.1. The zero-order valence-electron chi connectivity index (χ0n) is 14.2. The molecule has 1 aromatic carbocycles. The molecule has 1 N–H and O–H groups in total. The second-order valence-corrected chi connectivity index (χ2v) is 5.47. The predicted octanol–water partition coefficient (Wildman–Crippen LogP) is 2.30. The summed E-state index contributed by atoms with van der Waals surface area (Å²) in [5.41, 5.74) is 0.558. The van der Waals surface area contributed by atoms with Gasteiger partial charge in [-0.05, 0) is 50.3 Å². The summed E-state index contributed by atoms with van der Waals surface area (Å²) in [6.07, 6.45) is 3.03. The van der Waals surface area contributed by atoms with Crippen molar-refractivity contribution < 1.29 is 19.1 Å². The van der Waals surface area contributed by atoms with Gasteiger partial charge < -0.3 is 9.47 Å². The van der Waals surface area contributed by atoms with Crippen molar-refractivity contribution in [3.05, 3.63) is 42.0 Å². The molecule has 0 atom stereocenters. The highest BCUT2D eigenvalue weighted by Gasteiger charge is 2.32. The Bertz CT molecular complexity index is 743. The lowest BCUT2D eigenvalue weighted by Gasteiger charge is -2.27. The van der Waals surface area contributed by atoms with Gasteiger partial charge >= 0.3 is 0 Å². The molecule has 0 radical (unpaired) electrons. The lowest BCUT2D eigenvalue weighted by molar-refractivity contribution is -0.128. The molecular formula is C18H20N2O4S. The van der Waals surface area contributed by atoms with E-state index in [1.165, 1.54) is 11.0 Å². The first kappa shape index (κ1) is 18.7. The zero-order chi connectivity index (χ0) is 18.4. The summed E-state index contributed by atoms with van der Waals surface area (Å²) in [7, 11) is 0. The van der Waals surface area contributed by atoms with E-state index in [0.29, 0.717) is 30.3 Å². The van der Waals surface area contributed by atoms with Gasteiger partial charge in [-0.3, -0.25) is 19.8 Å². The van der Waals surface area contributed by atoms with Crippen molar-refractivity contribution in [1.82, 2.24) is 10.2 Å². The van der Waals surface area contributed by atoms with Gasteiger partial charge in [-0.1, -0.05) is 6.08 Å². The monoisotopic (exact) mass is 360 g/mol. The van der Waals surface area contributed by atoms with E-state index in [2.05, 4.69) is 11.9 Å². The van der Waals surface area contributed by atoms with Crippen molar-refractivity contribution >= 4 is 35.2 Å². The molecule has 0 unspecified atom stereocenters.